The Morgan fingerprint density at radius 2 is 1.91 bits per heavy atom. The molecule has 11 nitrogen and oxygen atoms in total. The van der Waals surface area contributed by atoms with E-state index < -0.39 is 15.8 Å². The van der Waals surface area contributed by atoms with Gasteiger partial charge < -0.3 is 19.2 Å². The molecule has 0 radical (unpaired) electrons. The van der Waals surface area contributed by atoms with Crippen molar-refractivity contribution < 1.29 is 24.7 Å². The highest BCUT2D eigenvalue weighted by atomic mass is 35.5. The number of rotatable bonds is 8. The van der Waals surface area contributed by atoms with Crippen LogP contribution >= 0.6 is 35.0 Å². The summed E-state index contributed by atoms with van der Waals surface area (Å²) in [5.41, 5.74) is 1.82. The monoisotopic (exact) mass is 542 g/mol. The lowest BCUT2D eigenvalue weighted by Gasteiger charge is -2.30. The third-order valence-corrected chi connectivity index (χ3v) is 6.56. The number of nitrogens with zero attached hydrogens (tertiary/aromatic N) is 4. The first kappa shape index (κ1) is 26.7. The van der Waals surface area contributed by atoms with Gasteiger partial charge in [-0.25, -0.2) is 4.98 Å². The first-order chi connectivity index (χ1) is 16.7. The van der Waals surface area contributed by atoms with Crippen molar-refractivity contribution in [3.05, 3.63) is 103 Å². The molecule has 0 spiro atoms. The zero-order valence-electron chi connectivity index (χ0n) is 18.0. The van der Waals surface area contributed by atoms with Crippen LogP contribution in [0.25, 0.3) is 0 Å². The van der Waals surface area contributed by atoms with Crippen molar-refractivity contribution in [2.45, 2.75) is 24.2 Å². The predicted octanol–water partition coefficient (Wildman–Crippen LogP) is 4.95. The Morgan fingerprint density at radius 1 is 1.20 bits per heavy atom. The molecule has 4 rings (SSSR count). The second-order valence-electron chi connectivity index (χ2n) is 7.34. The molecule has 0 aliphatic carbocycles. The number of ether oxygens (including phenoxy) is 2. The Morgan fingerprint density at radius 3 is 2.51 bits per heavy atom. The van der Waals surface area contributed by atoms with E-state index >= 15 is 0 Å². The number of nitro groups is 1. The summed E-state index contributed by atoms with van der Waals surface area (Å²) in [6, 6.07) is 11.8. The van der Waals surface area contributed by atoms with Gasteiger partial charge in [0.1, 0.15) is 0 Å². The molecule has 2 unspecified atom stereocenters. The Labute approximate surface area is 213 Å². The molecule has 186 valence electrons. The van der Waals surface area contributed by atoms with E-state index in [0.29, 0.717) is 34.7 Å². The third-order valence-electron chi connectivity index (χ3n) is 4.87. The van der Waals surface area contributed by atoms with Gasteiger partial charge in [-0.3, -0.25) is 10.1 Å². The molecule has 0 amide bonds. The topological polar surface area (TPSA) is 143 Å². The predicted molar refractivity (Wildman–Crippen MR) is 129 cm³/mol. The van der Waals surface area contributed by atoms with Gasteiger partial charge in [0.25, 0.3) is 10.8 Å². The molecule has 35 heavy (non-hydrogen) atoms. The summed E-state index contributed by atoms with van der Waals surface area (Å²) in [6.45, 7) is 0.818. The van der Waals surface area contributed by atoms with Gasteiger partial charge in [-0.1, -0.05) is 41.4 Å². The van der Waals surface area contributed by atoms with Crippen LogP contribution in [0.4, 0.5) is 5.69 Å². The van der Waals surface area contributed by atoms with Gasteiger partial charge in [0.2, 0.25) is 5.79 Å². The average molecular weight is 543 g/mol. The van der Waals surface area contributed by atoms with Crippen molar-refractivity contribution in [3.8, 4) is 0 Å². The van der Waals surface area contributed by atoms with E-state index in [-0.39, 0.29) is 11.8 Å². The summed E-state index contributed by atoms with van der Waals surface area (Å²) in [7, 11) is 0. The van der Waals surface area contributed by atoms with Crippen molar-refractivity contribution in [1.82, 2.24) is 9.55 Å². The number of hydrogen-bond donors (Lipinski definition) is 1. The molecule has 1 aliphatic heterocycles. The van der Waals surface area contributed by atoms with Gasteiger partial charge in [-0.05, 0) is 17.7 Å². The highest BCUT2D eigenvalue weighted by Crippen LogP contribution is 2.41. The molecule has 2 atom stereocenters. The maximum atomic E-state index is 10.8. The van der Waals surface area contributed by atoms with E-state index in [2.05, 4.69) is 4.98 Å². The van der Waals surface area contributed by atoms with E-state index in [9.17, 15) is 10.1 Å². The van der Waals surface area contributed by atoms with Crippen LogP contribution < -0.4 is 0 Å². The summed E-state index contributed by atoms with van der Waals surface area (Å²) in [5.74, 6) is 0.378. The highest BCUT2D eigenvalue weighted by molar-refractivity contribution is 7.98. The quantitative estimate of drug-likeness (QED) is 0.308. The number of non-ortho nitro benzene ring substituents is 1. The van der Waals surface area contributed by atoms with Crippen LogP contribution in [0.15, 0.2) is 61.2 Å². The van der Waals surface area contributed by atoms with Crippen LogP contribution in [-0.2, 0) is 27.6 Å². The number of hydrogen-bond acceptors (Lipinski definition) is 8. The molecule has 3 aromatic rings. The summed E-state index contributed by atoms with van der Waals surface area (Å²) in [6.07, 6.45) is 5.10. The van der Waals surface area contributed by atoms with Gasteiger partial charge in [0, 0.05) is 46.6 Å². The van der Waals surface area contributed by atoms with Crippen molar-refractivity contribution in [3.63, 3.8) is 0 Å². The normalized spacial score (nSPS) is 19.1. The number of benzene rings is 2. The molecule has 1 saturated heterocycles. The summed E-state index contributed by atoms with van der Waals surface area (Å²) >= 11 is 14.2. The minimum absolute atomic E-state index is 0.0883. The van der Waals surface area contributed by atoms with E-state index in [1.54, 1.807) is 48.6 Å². The fourth-order valence-electron chi connectivity index (χ4n) is 3.40. The maximum Gasteiger partial charge on any atom is 0.291 e. The van der Waals surface area contributed by atoms with Gasteiger partial charge >= 0.3 is 0 Å². The molecule has 2 heterocycles. The van der Waals surface area contributed by atoms with E-state index in [0.717, 1.165) is 11.1 Å². The molecule has 2 aromatic carbocycles. The largest absolute Gasteiger partial charge is 0.342 e. The van der Waals surface area contributed by atoms with Gasteiger partial charge in [0.15, 0.2) is 0 Å². The number of imidazole rings is 1. The Kier molecular flexibility index (Phi) is 9.29. The minimum Gasteiger partial charge on any atom is -0.342 e. The lowest BCUT2D eigenvalue weighted by molar-refractivity contribution is -0.742. The first-order valence-electron chi connectivity index (χ1n) is 10.1. The Bertz CT molecular complexity index is 1150. The Balaban J connectivity index is 0.000000795. The third kappa shape index (κ3) is 7.54. The summed E-state index contributed by atoms with van der Waals surface area (Å²) in [4.78, 5) is 22.8. The first-order valence-corrected chi connectivity index (χ1v) is 12.0. The van der Waals surface area contributed by atoms with Crippen molar-refractivity contribution in [2.24, 2.45) is 0 Å². The molecular weight excluding hydrogens is 523 g/mol. The number of nitro benzene ring substituents is 1. The van der Waals surface area contributed by atoms with Crippen molar-refractivity contribution in [2.75, 3.05) is 12.4 Å². The van der Waals surface area contributed by atoms with E-state index in [1.165, 1.54) is 12.1 Å². The SMILES string of the molecule is O=[N+]([O-])O.O=[N+]([O-])c1ccc(CSCC2COC(Cn3ccnc3)(c3ccc(Cl)cc3Cl)O2)cc1. The summed E-state index contributed by atoms with van der Waals surface area (Å²) < 4.78 is 14.5. The lowest BCUT2D eigenvalue weighted by Crippen LogP contribution is -2.34. The molecule has 0 bridgehead atoms. The second-order valence-corrected chi connectivity index (χ2v) is 9.21. The zero-order chi connectivity index (χ0) is 25.4. The molecule has 1 fully saturated rings. The van der Waals surface area contributed by atoms with Gasteiger partial charge in [-0.15, -0.1) is 10.1 Å². The Hall–Kier alpha value is -2.90. The van der Waals surface area contributed by atoms with Crippen molar-refractivity contribution in [1.29, 1.82) is 0 Å². The van der Waals surface area contributed by atoms with Crippen LogP contribution in [0.5, 0.6) is 0 Å². The number of aromatic nitrogens is 2. The minimum atomic E-state index is -1.50. The average Bonchev–Trinajstić information content (AvgIpc) is 3.44. The molecule has 1 aromatic heterocycles. The van der Waals surface area contributed by atoms with Crippen LogP contribution in [0.3, 0.4) is 0 Å². The van der Waals surface area contributed by atoms with Crippen LogP contribution in [0, 0.1) is 20.2 Å². The second kappa shape index (κ2) is 12.2. The zero-order valence-corrected chi connectivity index (χ0v) is 20.4. The maximum absolute atomic E-state index is 10.8. The number of halogens is 2. The molecule has 14 heteroatoms. The van der Waals surface area contributed by atoms with Gasteiger partial charge in [0.05, 0.1) is 35.5 Å². The van der Waals surface area contributed by atoms with Gasteiger partial charge in [-0.2, -0.15) is 11.8 Å². The highest BCUT2D eigenvalue weighted by Gasteiger charge is 2.45. The molecule has 1 aliphatic rings. The van der Waals surface area contributed by atoms with Crippen LogP contribution in [0.2, 0.25) is 10.0 Å². The standard InChI is InChI=1S/C21H19Cl2N3O4S.HNO3/c22-16-3-6-19(20(23)9-16)21(13-25-8-7-24-14-25)29-10-18(30-21)12-31-11-15-1-4-17(5-2-15)26(27)28;2-1(3)4/h1-9,14,18H,10-13H2;(H,2,3,4). The van der Waals surface area contributed by atoms with E-state index in [4.69, 9.17) is 48.0 Å². The van der Waals surface area contributed by atoms with Crippen LogP contribution in [-0.4, -0.2) is 43.2 Å². The van der Waals surface area contributed by atoms with Crippen LogP contribution in [0.1, 0.15) is 11.1 Å². The molecule has 1 N–H and O–H groups in total. The smallest absolute Gasteiger partial charge is 0.291 e. The number of thioether (sulfide) groups is 1. The molecule has 0 saturated carbocycles. The summed E-state index contributed by atoms with van der Waals surface area (Å²) in [5, 5.41) is 25.4. The van der Waals surface area contributed by atoms with E-state index in [1.807, 2.05) is 16.8 Å². The molecular formula is C21H20Cl2N4O7S. The fraction of sp³-hybridized carbons (Fsp3) is 0.286. The van der Waals surface area contributed by atoms with Crippen molar-refractivity contribution >= 4 is 40.7 Å². The fourth-order valence-corrected chi connectivity index (χ4v) is 4.92. The lowest BCUT2D eigenvalue weighted by atomic mass is 10.1.